The van der Waals surface area contributed by atoms with Gasteiger partial charge < -0.3 is 9.88 Å². The average molecular weight is 348 g/mol. The molecule has 0 aliphatic carbocycles. The Labute approximate surface area is 151 Å². The maximum absolute atomic E-state index is 11.6. The molecule has 1 saturated heterocycles. The standard InChI is InChI=1S/C19H20N6O/c1-13-8-17(24-19(23-13)14-4-2-6-20-10-14)25-7-3-5-15(11-25)16-9-18(26)22-12-21-16/h2,4,6,8-10,12,15H,3,5,7,11H2,1H3,(H,21,22,26)/t15-/m1/s1. The van der Waals surface area contributed by atoms with Crippen molar-refractivity contribution in [1.29, 1.82) is 0 Å². The van der Waals surface area contributed by atoms with Gasteiger partial charge in [-0.15, -0.1) is 0 Å². The summed E-state index contributed by atoms with van der Waals surface area (Å²) in [6.07, 6.45) is 7.05. The van der Waals surface area contributed by atoms with E-state index in [1.807, 2.05) is 25.1 Å². The first kappa shape index (κ1) is 16.4. The number of aryl methyl sites for hydroxylation is 1. The Hall–Kier alpha value is -3.09. The molecule has 0 aromatic carbocycles. The van der Waals surface area contributed by atoms with Crippen LogP contribution >= 0.6 is 0 Å². The van der Waals surface area contributed by atoms with Crippen LogP contribution in [0, 0.1) is 6.92 Å². The minimum absolute atomic E-state index is 0.108. The molecule has 0 saturated carbocycles. The Bertz CT molecular complexity index is 955. The van der Waals surface area contributed by atoms with Gasteiger partial charge in [0, 0.05) is 54.8 Å². The summed E-state index contributed by atoms with van der Waals surface area (Å²) < 4.78 is 0. The molecule has 1 fully saturated rings. The quantitative estimate of drug-likeness (QED) is 0.781. The fraction of sp³-hybridized carbons (Fsp3) is 0.316. The molecule has 26 heavy (non-hydrogen) atoms. The second-order valence-electron chi connectivity index (χ2n) is 6.55. The predicted octanol–water partition coefficient (Wildman–Crippen LogP) is 2.31. The molecular formula is C19H20N6O. The molecule has 4 heterocycles. The van der Waals surface area contributed by atoms with Gasteiger partial charge in [0.25, 0.3) is 5.56 Å². The van der Waals surface area contributed by atoms with E-state index in [9.17, 15) is 4.79 Å². The molecule has 0 unspecified atom stereocenters. The van der Waals surface area contributed by atoms with Crippen molar-refractivity contribution < 1.29 is 0 Å². The summed E-state index contributed by atoms with van der Waals surface area (Å²) in [5, 5.41) is 0. The van der Waals surface area contributed by atoms with Crippen LogP contribution in [0.2, 0.25) is 0 Å². The smallest absolute Gasteiger partial charge is 0.250 e. The number of hydrogen-bond donors (Lipinski definition) is 1. The molecule has 1 aliphatic rings. The SMILES string of the molecule is Cc1cc(N2CCC[C@@H](c3cc(=O)[nH]cn3)C2)nc(-c2cccnc2)n1. The molecule has 1 aliphatic heterocycles. The van der Waals surface area contributed by atoms with Crippen molar-refractivity contribution in [3.05, 3.63) is 64.7 Å². The lowest BCUT2D eigenvalue weighted by Gasteiger charge is -2.33. The number of aromatic amines is 1. The molecular weight excluding hydrogens is 328 g/mol. The third kappa shape index (κ3) is 3.46. The van der Waals surface area contributed by atoms with Crippen LogP contribution in [0.1, 0.15) is 30.1 Å². The fourth-order valence-corrected chi connectivity index (χ4v) is 3.37. The van der Waals surface area contributed by atoms with E-state index in [1.165, 1.54) is 6.33 Å². The Kier molecular flexibility index (Phi) is 4.43. The van der Waals surface area contributed by atoms with Crippen LogP contribution in [-0.2, 0) is 0 Å². The Balaban J connectivity index is 1.63. The normalized spacial score (nSPS) is 17.3. The third-order valence-electron chi connectivity index (χ3n) is 4.62. The minimum Gasteiger partial charge on any atom is -0.356 e. The molecule has 4 rings (SSSR count). The summed E-state index contributed by atoms with van der Waals surface area (Å²) in [5.41, 5.74) is 2.56. The largest absolute Gasteiger partial charge is 0.356 e. The van der Waals surface area contributed by atoms with Gasteiger partial charge in [-0.2, -0.15) is 0 Å². The van der Waals surface area contributed by atoms with E-state index in [-0.39, 0.29) is 11.5 Å². The van der Waals surface area contributed by atoms with Gasteiger partial charge in [-0.25, -0.2) is 15.0 Å². The summed E-state index contributed by atoms with van der Waals surface area (Å²) in [6, 6.07) is 7.45. The topological polar surface area (TPSA) is 87.7 Å². The van der Waals surface area contributed by atoms with Crippen molar-refractivity contribution in [2.75, 3.05) is 18.0 Å². The van der Waals surface area contributed by atoms with Crippen LogP contribution in [0.5, 0.6) is 0 Å². The van der Waals surface area contributed by atoms with E-state index in [2.05, 4.69) is 24.8 Å². The number of pyridine rings is 1. The number of aromatic nitrogens is 5. The fourth-order valence-electron chi connectivity index (χ4n) is 3.37. The van der Waals surface area contributed by atoms with Gasteiger partial charge in [0.1, 0.15) is 5.82 Å². The molecule has 7 heteroatoms. The Morgan fingerprint density at radius 3 is 3.00 bits per heavy atom. The third-order valence-corrected chi connectivity index (χ3v) is 4.62. The van der Waals surface area contributed by atoms with Crippen LogP contribution in [0.3, 0.4) is 0 Å². The van der Waals surface area contributed by atoms with Crippen LogP contribution in [0.25, 0.3) is 11.4 Å². The highest BCUT2D eigenvalue weighted by Crippen LogP contribution is 2.28. The van der Waals surface area contributed by atoms with E-state index >= 15 is 0 Å². The molecule has 0 radical (unpaired) electrons. The highest BCUT2D eigenvalue weighted by atomic mass is 16.1. The molecule has 7 nitrogen and oxygen atoms in total. The van der Waals surface area contributed by atoms with E-state index in [1.54, 1.807) is 18.5 Å². The number of nitrogens with zero attached hydrogens (tertiary/aromatic N) is 5. The molecule has 0 amide bonds. The van der Waals surface area contributed by atoms with Gasteiger partial charge in [0.05, 0.1) is 12.0 Å². The number of anilines is 1. The highest BCUT2D eigenvalue weighted by Gasteiger charge is 2.24. The first-order valence-corrected chi connectivity index (χ1v) is 8.75. The summed E-state index contributed by atoms with van der Waals surface area (Å²) in [4.78, 5) is 34.3. The molecule has 3 aromatic heterocycles. The number of H-pyrrole nitrogens is 1. The zero-order chi connectivity index (χ0) is 17.9. The summed E-state index contributed by atoms with van der Waals surface area (Å²) in [7, 11) is 0. The summed E-state index contributed by atoms with van der Waals surface area (Å²) in [6.45, 7) is 3.70. The number of piperidine rings is 1. The minimum atomic E-state index is -0.108. The van der Waals surface area contributed by atoms with Gasteiger partial charge in [-0.3, -0.25) is 9.78 Å². The van der Waals surface area contributed by atoms with E-state index in [4.69, 9.17) is 4.98 Å². The molecule has 0 spiro atoms. The van der Waals surface area contributed by atoms with Crippen LogP contribution in [0.15, 0.2) is 47.8 Å². The summed E-state index contributed by atoms with van der Waals surface area (Å²) >= 11 is 0. The van der Waals surface area contributed by atoms with Crippen LogP contribution in [-0.4, -0.2) is 38.0 Å². The summed E-state index contributed by atoms with van der Waals surface area (Å²) in [5.74, 6) is 1.82. The Morgan fingerprint density at radius 1 is 1.27 bits per heavy atom. The zero-order valence-corrected chi connectivity index (χ0v) is 14.6. The van der Waals surface area contributed by atoms with Crippen molar-refractivity contribution in [3.63, 3.8) is 0 Å². The first-order chi connectivity index (χ1) is 12.7. The molecule has 0 bridgehead atoms. The van der Waals surface area contributed by atoms with Crippen molar-refractivity contribution in [2.45, 2.75) is 25.7 Å². The molecule has 1 N–H and O–H groups in total. The van der Waals surface area contributed by atoms with E-state index < -0.39 is 0 Å². The lowest BCUT2D eigenvalue weighted by molar-refractivity contribution is 0.497. The second-order valence-corrected chi connectivity index (χ2v) is 6.55. The van der Waals surface area contributed by atoms with Crippen molar-refractivity contribution in [2.24, 2.45) is 0 Å². The molecule has 1 atom stereocenters. The van der Waals surface area contributed by atoms with Crippen LogP contribution < -0.4 is 10.5 Å². The maximum Gasteiger partial charge on any atom is 0.250 e. The lowest BCUT2D eigenvalue weighted by Crippen LogP contribution is -2.35. The second kappa shape index (κ2) is 7.03. The monoisotopic (exact) mass is 348 g/mol. The molecule has 132 valence electrons. The predicted molar refractivity (Wildman–Crippen MR) is 99.0 cm³/mol. The van der Waals surface area contributed by atoms with Gasteiger partial charge in [0.2, 0.25) is 0 Å². The van der Waals surface area contributed by atoms with E-state index in [0.29, 0.717) is 5.82 Å². The van der Waals surface area contributed by atoms with Gasteiger partial charge in [0.15, 0.2) is 5.82 Å². The number of nitrogens with one attached hydrogen (secondary N) is 1. The number of hydrogen-bond acceptors (Lipinski definition) is 6. The first-order valence-electron chi connectivity index (χ1n) is 8.75. The highest BCUT2D eigenvalue weighted by molar-refractivity contribution is 5.57. The number of rotatable bonds is 3. The van der Waals surface area contributed by atoms with Crippen molar-refractivity contribution in [1.82, 2.24) is 24.9 Å². The van der Waals surface area contributed by atoms with Crippen molar-refractivity contribution >= 4 is 5.82 Å². The van der Waals surface area contributed by atoms with E-state index in [0.717, 1.165) is 48.7 Å². The lowest BCUT2D eigenvalue weighted by atomic mass is 9.94. The van der Waals surface area contributed by atoms with Gasteiger partial charge >= 0.3 is 0 Å². The van der Waals surface area contributed by atoms with Crippen molar-refractivity contribution in [3.8, 4) is 11.4 Å². The van der Waals surface area contributed by atoms with Gasteiger partial charge in [-0.1, -0.05) is 0 Å². The van der Waals surface area contributed by atoms with Crippen LogP contribution in [0.4, 0.5) is 5.82 Å². The average Bonchev–Trinajstić information content (AvgIpc) is 2.68. The molecule has 3 aromatic rings. The Morgan fingerprint density at radius 2 is 2.19 bits per heavy atom. The zero-order valence-electron chi connectivity index (χ0n) is 14.6. The van der Waals surface area contributed by atoms with Gasteiger partial charge in [-0.05, 0) is 31.9 Å². The maximum atomic E-state index is 11.6.